The number of carbonyl (C=O) groups excluding carboxylic acids is 1. The van der Waals surface area contributed by atoms with Crippen molar-refractivity contribution in [3.63, 3.8) is 0 Å². The number of anilines is 2. The third-order valence-corrected chi connectivity index (χ3v) is 7.45. The van der Waals surface area contributed by atoms with Crippen molar-refractivity contribution in [2.45, 2.75) is 44.1 Å². The highest BCUT2D eigenvalue weighted by atomic mass is 35.5. The van der Waals surface area contributed by atoms with Crippen LogP contribution in [0.25, 0.3) is 0 Å². The number of fused-ring (bicyclic) bond motifs is 2. The van der Waals surface area contributed by atoms with E-state index in [-0.39, 0.29) is 11.4 Å². The molecule has 0 radical (unpaired) electrons. The summed E-state index contributed by atoms with van der Waals surface area (Å²) in [6, 6.07) is 12.3. The van der Waals surface area contributed by atoms with Crippen molar-refractivity contribution in [3.8, 4) is 0 Å². The highest BCUT2D eigenvalue weighted by Gasteiger charge is 2.47. The Bertz CT molecular complexity index is 965. The van der Waals surface area contributed by atoms with Gasteiger partial charge in [-0.1, -0.05) is 40.9 Å². The molecule has 2 aromatic rings. The molecule has 1 saturated heterocycles. The van der Waals surface area contributed by atoms with Gasteiger partial charge in [-0.15, -0.1) is 0 Å². The van der Waals surface area contributed by atoms with Gasteiger partial charge in [-0.05, 0) is 75.5 Å². The smallest absolute Gasteiger partial charge is 0.307 e. The molecule has 152 valence electrons. The molecule has 1 aliphatic carbocycles. The zero-order chi connectivity index (χ0) is 20.2. The third kappa shape index (κ3) is 3.52. The normalized spacial score (nSPS) is 20.7. The van der Waals surface area contributed by atoms with Crippen LogP contribution >= 0.6 is 23.2 Å². The van der Waals surface area contributed by atoms with Crippen molar-refractivity contribution in [1.82, 2.24) is 4.90 Å². The Morgan fingerprint density at radius 2 is 1.83 bits per heavy atom. The molecule has 2 aromatic carbocycles. The van der Waals surface area contributed by atoms with E-state index in [0.717, 1.165) is 44.2 Å². The molecule has 1 saturated carbocycles. The summed E-state index contributed by atoms with van der Waals surface area (Å²) in [5, 5.41) is 3.92. The fraction of sp³-hybridized carbons (Fsp3) is 0.435. The number of hydrogen-bond donors (Lipinski definition) is 1. The van der Waals surface area contributed by atoms with E-state index in [0.29, 0.717) is 15.7 Å². The number of likely N-dealkylation sites (tertiary alicyclic amines) is 1. The van der Waals surface area contributed by atoms with Crippen LogP contribution in [0.5, 0.6) is 0 Å². The zero-order valence-corrected chi connectivity index (χ0v) is 18.1. The van der Waals surface area contributed by atoms with Crippen molar-refractivity contribution < 1.29 is 4.79 Å². The number of halogens is 2. The molecule has 0 bridgehead atoms. The molecule has 1 N–H and O–H groups in total. The second-order valence-corrected chi connectivity index (χ2v) is 9.53. The molecule has 2 fully saturated rings. The number of amides is 2. The molecule has 4 nitrogen and oxygen atoms in total. The SMILES string of the molecule is Cc1ccc2c(c1)C1(CCN(C3CC3)CC1)CN2C(=O)Nc1ccc(Cl)c(Cl)c1. The summed E-state index contributed by atoms with van der Waals surface area (Å²) in [6.07, 6.45) is 4.91. The Morgan fingerprint density at radius 1 is 1.07 bits per heavy atom. The topological polar surface area (TPSA) is 35.6 Å². The van der Waals surface area contributed by atoms with Crippen molar-refractivity contribution in [3.05, 3.63) is 57.6 Å². The predicted octanol–water partition coefficient (Wildman–Crippen LogP) is 5.85. The quantitative estimate of drug-likeness (QED) is 0.649. The summed E-state index contributed by atoms with van der Waals surface area (Å²) >= 11 is 12.1. The number of benzene rings is 2. The average Bonchev–Trinajstić information content (AvgIpc) is 3.50. The van der Waals surface area contributed by atoms with Crippen LogP contribution in [0, 0.1) is 6.92 Å². The zero-order valence-electron chi connectivity index (χ0n) is 16.5. The molecule has 29 heavy (non-hydrogen) atoms. The minimum Gasteiger partial charge on any atom is -0.307 e. The third-order valence-electron chi connectivity index (χ3n) is 6.71. The Balaban J connectivity index is 1.41. The Hall–Kier alpha value is -1.75. The van der Waals surface area contributed by atoms with Crippen LogP contribution in [-0.4, -0.2) is 36.6 Å². The standard InChI is InChI=1S/C23H25Cl2N3O/c1-15-2-7-21-18(12-15)23(8-10-27(11-9-23)17-4-5-17)14-28(21)22(29)26-16-3-6-19(24)20(25)13-16/h2-3,6-7,12-13,17H,4-5,8-11,14H2,1H3,(H,26,29). The molecule has 0 unspecified atom stereocenters. The number of carbonyl (C=O) groups is 1. The molecule has 2 amide bonds. The van der Waals surface area contributed by atoms with Crippen LogP contribution in [-0.2, 0) is 5.41 Å². The number of piperidine rings is 1. The van der Waals surface area contributed by atoms with Gasteiger partial charge >= 0.3 is 6.03 Å². The van der Waals surface area contributed by atoms with E-state index in [1.165, 1.54) is 24.0 Å². The minimum absolute atomic E-state index is 0.0573. The first-order chi connectivity index (χ1) is 13.9. The van der Waals surface area contributed by atoms with E-state index in [2.05, 4.69) is 35.3 Å². The summed E-state index contributed by atoms with van der Waals surface area (Å²) in [6.45, 7) is 5.11. The molecule has 3 aliphatic rings. The summed E-state index contributed by atoms with van der Waals surface area (Å²) in [4.78, 5) is 17.7. The largest absolute Gasteiger partial charge is 0.326 e. The fourth-order valence-electron chi connectivity index (χ4n) is 4.91. The Kier molecular flexibility index (Phi) is 4.77. The lowest BCUT2D eigenvalue weighted by Gasteiger charge is -2.40. The van der Waals surface area contributed by atoms with Gasteiger partial charge < -0.3 is 10.2 Å². The molecular formula is C23H25Cl2N3O. The van der Waals surface area contributed by atoms with E-state index in [1.54, 1.807) is 18.2 Å². The molecule has 2 aliphatic heterocycles. The molecule has 0 atom stereocenters. The maximum absolute atomic E-state index is 13.2. The maximum Gasteiger partial charge on any atom is 0.326 e. The molecule has 2 heterocycles. The summed E-state index contributed by atoms with van der Waals surface area (Å²) in [5.41, 5.74) is 4.33. The van der Waals surface area contributed by atoms with E-state index >= 15 is 0 Å². The second kappa shape index (κ2) is 7.19. The van der Waals surface area contributed by atoms with Crippen molar-refractivity contribution in [2.24, 2.45) is 0 Å². The molecule has 0 aromatic heterocycles. The Morgan fingerprint density at radius 3 is 2.52 bits per heavy atom. The lowest BCUT2D eigenvalue weighted by molar-refractivity contribution is 0.159. The van der Waals surface area contributed by atoms with Crippen LogP contribution in [0.3, 0.4) is 0 Å². The van der Waals surface area contributed by atoms with Crippen molar-refractivity contribution in [2.75, 3.05) is 29.9 Å². The molecule has 5 rings (SSSR count). The lowest BCUT2D eigenvalue weighted by Crippen LogP contribution is -2.47. The number of rotatable bonds is 2. The van der Waals surface area contributed by atoms with E-state index < -0.39 is 0 Å². The summed E-state index contributed by atoms with van der Waals surface area (Å²) < 4.78 is 0. The number of nitrogens with zero attached hydrogens (tertiary/aromatic N) is 2. The van der Waals surface area contributed by atoms with Gasteiger partial charge in [0.15, 0.2) is 0 Å². The minimum atomic E-state index is -0.116. The summed E-state index contributed by atoms with van der Waals surface area (Å²) in [5.74, 6) is 0. The van der Waals surface area contributed by atoms with Crippen LogP contribution in [0.4, 0.5) is 16.2 Å². The lowest BCUT2D eigenvalue weighted by atomic mass is 9.74. The molecular weight excluding hydrogens is 405 g/mol. The van der Waals surface area contributed by atoms with Crippen LogP contribution in [0.15, 0.2) is 36.4 Å². The van der Waals surface area contributed by atoms with E-state index in [9.17, 15) is 4.79 Å². The maximum atomic E-state index is 13.2. The van der Waals surface area contributed by atoms with Gasteiger partial charge in [0.2, 0.25) is 0 Å². The second-order valence-electron chi connectivity index (χ2n) is 8.71. The van der Waals surface area contributed by atoms with Gasteiger partial charge in [-0.3, -0.25) is 4.90 Å². The van der Waals surface area contributed by atoms with Gasteiger partial charge in [-0.2, -0.15) is 0 Å². The van der Waals surface area contributed by atoms with Gasteiger partial charge in [0.1, 0.15) is 0 Å². The van der Waals surface area contributed by atoms with Crippen molar-refractivity contribution >= 4 is 40.6 Å². The van der Waals surface area contributed by atoms with Gasteiger partial charge in [0.25, 0.3) is 0 Å². The predicted molar refractivity (Wildman–Crippen MR) is 120 cm³/mol. The number of hydrogen-bond acceptors (Lipinski definition) is 2. The fourth-order valence-corrected chi connectivity index (χ4v) is 5.21. The molecule has 1 spiro atoms. The number of urea groups is 1. The van der Waals surface area contributed by atoms with Crippen LogP contribution in [0.2, 0.25) is 10.0 Å². The molecule has 6 heteroatoms. The highest BCUT2D eigenvalue weighted by Crippen LogP contribution is 2.48. The average molecular weight is 430 g/mol. The van der Waals surface area contributed by atoms with Crippen LogP contribution in [0.1, 0.15) is 36.8 Å². The first kappa shape index (κ1) is 19.2. The van der Waals surface area contributed by atoms with E-state index in [1.807, 2.05) is 4.90 Å². The number of aryl methyl sites for hydroxylation is 1. The van der Waals surface area contributed by atoms with Crippen LogP contribution < -0.4 is 10.2 Å². The highest BCUT2D eigenvalue weighted by molar-refractivity contribution is 6.42. The Labute approximate surface area is 181 Å². The van der Waals surface area contributed by atoms with Gasteiger partial charge in [0, 0.05) is 29.4 Å². The van der Waals surface area contributed by atoms with E-state index in [4.69, 9.17) is 23.2 Å². The van der Waals surface area contributed by atoms with Crippen molar-refractivity contribution in [1.29, 1.82) is 0 Å². The van der Waals surface area contributed by atoms with Gasteiger partial charge in [0.05, 0.1) is 10.0 Å². The first-order valence-corrected chi connectivity index (χ1v) is 11.1. The monoisotopic (exact) mass is 429 g/mol. The van der Waals surface area contributed by atoms with Gasteiger partial charge in [-0.25, -0.2) is 4.79 Å². The summed E-state index contributed by atoms with van der Waals surface area (Å²) in [7, 11) is 0. The number of nitrogens with one attached hydrogen (secondary N) is 1. The first-order valence-electron chi connectivity index (χ1n) is 10.3.